The first-order valence-corrected chi connectivity index (χ1v) is 4.86. The molecule has 0 fully saturated rings. The van der Waals surface area contributed by atoms with Gasteiger partial charge in [-0.1, -0.05) is 0 Å². The molecule has 0 radical (unpaired) electrons. The van der Waals surface area contributed by atoms with Gasteiger partial charge in [-0.2, -0.15) is 5.10 Å². The SMILES string of the molecule is CCOC(=O)NNC(=O)c1[nH]ncc1Br. The Morgan fingerprint density at radius 1 is 1.60 bits per heavy atom. The maximum atomic E-state index is 11.4. The van der Waals surface area contributed by atoms with Gasteiger partial charge >= 0.3 is 6.09 Å². The van der Waals surface area contributed by atoms with Crippen molar-refractivity contribution >= 4 is 27.9 Å². The molecule has 2 amide bonds. The highest BCUT2D eigenvalue weighted by Gasteiger charge is 2.12. The molecule has 0 bridgehead atoms. The van der Waals surface area contributed by atoms with Crippen LogP contribution < -0.4 is 10.9 Å². The van der Waals surface area contributed by atoms with Crippen molar-refractivity contribution in [3.05, 3.63) is 16.4 Å². The molecule has 0 aromatic carbocycles. The number of hydrogen-bond acceptors (Lipinski definition) is 4. The Bertz CT molecular complexity index is 365. The minimum Gasteiger partial charge on any atom is -0.449 e. The Kier molecular flexibility index (Phi) is 4.10. The van der Waals surface area contributed by atoms with Crippen LogP contribution in [0, 0.1) is 0 Å². The quantitative estimate of drug-likeness (QED) is 0.688. The molecule has 0 atom stereocenters. The van der Waals surface area contributed by atoms with Crippen LogP contribution in [0.4, 0.5) is 4.79 Å². The maximum Gasteiger partial charge on any atom is 0.426 e. The zero-order chi connectivity index (χ0) is 11.3. The first-order valence-electron chi connectivity index (χ1n) is 4.07. The third-order valence-electron chi connectivity index (χ3n) is 1.37. The van der Waals surface area contributed by atoms with Gasteiger partial charge in [0.05, 0.1) is 17.3 Å². The number of hydrazine groups is 1. The molecule has 0 aliphatic rings. The van der Waals surface area contributed by atoms with Crippen molar-refractivity contribution < 1.29 is 14.3 Å². The average Bonchev–Trinajstić information content (AvgIpc) is 2.61. The Morgan fingerprint density at radius 3 is 2.87 bits per heavy atom. The fraction of sp³-hybridized carbons (Fsp3) is 0.286. The van der Waals surface area contributed by atoms with E-state index in [1.54, 1.807) is 6.92 Å². The molecule has 7 nitrogen and oxygen atoms in total. The summed E-state index contributed by atoms with van der Waals surface area (Å²) in [5, 5.41) is 6.09. The molecule has 15 heavy (non-hydrogen) atoms. The number of carbonyl (C=O) groups excluding carboxylic acids is 2. The van der Waals surface area contributed by atoms with Crippen LogP contribution in [0.1, 0.15) is 17.4 Å². The van der Waals surface area contributed by atoms with E-state index in [1.807, 2.05) is 0 Å². The number of ether oxygens (including phenoxy) is 1. The van der Waals surface area contributed by atoms with Crippen LogP contribution in [0.15, 0.2) is 10.7 Å². The number of aromatic amines is 1. The van der Waals surface area contributed by atoms with Gasteiger partial charge in [0.25, 0.3) is 5.91 Å². The Labute approximate surface area is 93.7 Å². The zero-order valence-corrected chi connectivity index (χ0v) is 9.42. The van der Waals surface area contributed by atoms with Gasteiger partial charge < -0.3 is 4.74 Å². The number of carbonyl (C=O) groups is 2. The topological polar surface area (TPSA) is 96.1 Å². The predicted molar refractivity (Wildman–Crippen MR) is 53.9 cm³/mol. The lowest BCUT2D eigenvalue weighted by atomic mass is 10.4. The summed E-state index contributed by atoms with van der Waals surface area (Å²) >= 11 is 3.11. The first-order chi connectivity index (χ1) is 7.15. The van der Waals surface area contributed by atoms with Gasteiger partial charge in [-0.25, -0.2) is 10.2 Å². The number of rotatable bonds is 2. The van der Waals surface area contributed by atoms with Gasteiger partial charge in [0.1, 0.15) is 5.69 Å². The Morgan fingerprint density at radius 2 is 2.33 bits per heavy atom. The summed E-state index contributed by atoms with van der Waals surface area (Å²) in [7, 11) is 0. The van der Waals surface area contributed by atoms with Gasteiger partial charge in [0.2, 0.25) is 0 Å². The van der Waals surface area contributed by atoms with Gasteiger partial charge in [0, 0.05) is 0 Å². The van der Waals surface area contributed by atoms with Crippen molar-refractivity contribution in [1.82, 2.24) is 21.0 Å². The fourth-order valence-electron chi connectivity index (χ4n) is 0.768. The highest BCUT2D eigenvalue weighted by Crippen LogP contribution is 2.11. The average molecular weight is 277 g/mol. The molecule has 0 aliphatic heterocycles. The van der Waals surface area contributed by atoms with Crippen molar-refractivity contribution in [2.75, 3.05) is 6.61 Å². The lowest BCUT2D eigenvalue weighted by Gasteiger charge is -2.05. The van der Waals surface area contributed by atoms with Gasteiger partial charge in [-0.15, -0.1) is 0 Å². The van der Waals surface area contributed by atoms with Crippen LogP contribution in [-0.2, 0) is 4.74 Å². The third kappa shape index (κ3) is 3.24. The summed E-state index contributed by atoms with van der Waals surface area (Å²) in [6.07, 6.45) is 0.709. The largest absolute Gasteiger partial charge is 0.449 e. The molecular formula is C7H9BrN4O3. The van der Waals surface area contributed by atoms with E-state index in [4.69, 9.17) is 0 Å². The van der Waals surface area contributed by atoms with E-state index < -0.39 is 12.0 Å². The number of hydrogen-bond donors (Lipinski definition) is 3. The molecule has 0 aliphatic carbocycles. The summed E-state index contributed by atoms with van der Waals surface area (Å²) in [6.45, 7) is 1.89. The van der Waals surface area contributed by atoms with E-state index in [2.05, 4.69) is 41.7 Å². The van der Waals surface area contributed by atoms with E-state index in [-0.39, 0.29) is 12.3 Å². The van der Waals surface area contributed by atoms with Gasteiger partial charge in [-0.3, -0.25) is 15.3 Å². The van der Waals surface area contributed by atoms with Crippen molar-refractivity contribution in [2.24, 2.45) is 0 Å². The molecule has 0 unspecified atom stereocenters. The first kappa shape index (κ1) is 11.5. The van der Waals surface area contributed by atoms with E-state index in [1.165, 1.54) is 6.20 Å². The zero-order valence-electron chi connectivity index (χ0n) is 7.83. The maximum absolute atomic E-state index is 11.4. The highest BCUT2D eigenvalue weighted by molar-refractivity contribution is 9.10. The van der Waals surface area contributed by atoms with Crippen LogP contribution >= 0.6 is 15.9 Å². The van der Waals surface area contributed by atoms with E-state index in [0.717, 1.165) is 0 Å². The summed E-state index contributed by atoms with van der Waals surface area (Å²) in [4.78, 5) is 22.2. The normalized spacial score (nSPS) is 9.47. The second kappa shape index (κ2) is 5.35. The summed E-state index contributed by atoms with van der Waals surface area (Å²) in [6, 6.07) is 0. The Balaban J connectivity index is 2.44. The summed E-state index contributed by atoms with van der Waals surface area (Å²) in [5.74, 6) is -0.521. The molecule has 3 N–H and O–H groups in total. The van der Waals surface area contributed by atoms with E-state index >= 15 is 0 Å². The van der Waals surface area contributed by atoms with Crippen LogP contribution in [0.2, 0.25) is 0 Å². The molecule has 1 rings (SSSR count). The Hall–Kier alpha value is -1.57. The minimum absolute atomic E-state index is 0.215. The highest BCUT2D eigenvalue weighted by atomic mass is 79.9. The number of aromatic nitrogens is 2. The van der Waals surface area contributed by atoms with Crippen molar-refractivity contribution in [1.29, 1.82) is 0 Å². The van der Waals surface area contributed by atoms with Crippen LogP contribution in [0.3, 0.4) is 0 Å². The van der Waals surface area contributed by atoms with Crippen molar-refractivity contribution in [3.63, 3.8) is 0 Å². The minimum atomic E-state index is -0.721. The molecule has 82 valence electrons. The third-order valence-corrected chi connectivity index (χ3v) is 1.97. The molecular weight excluding hydrogens is 268 g/mol. The lowest BCUT2D eigenvalue weighted by molar-refractivity contribution is 0.0907. The van der Waals surface area contributed by atoms with Gasteiger partial charge in [0.15, 0.2) is 0 Å². The van der Waals surface area contributed by atoms with Crippen LogP contribution in [0.25, 0.3) is 0 Å². The lowest BCUT2D eigenvalue weighted by Crippen LogP contribution is -2.42. The second-order valence-electron chi connectivity index (χ2n) is 2.39. The monoisotopic (exact) mass is 276 g/mol. The van der Waals surface area contributed by atoms with Gasteiger partial charge in [-0.05, 0) is 22.9 Å². The van der Waals surface area contributed by atoms with Crippen molar-refractivity contribution in [3.8, 4) is 0 Å². The van der Waals surface area contributed by atoms with Crippen LogP contribution in [0.5, 0.6) is 0 Å². The second-order valence-corrected chi connectivity index (χ2v) is 3.25. The molecule has 0 saturated heterocycles. The predicted octanol–water partition coefficient (Wildman–Crippen LogP) is 0.563. The number of H-pyrrole nitrogens is 1. The van der Waals surface area contributed by atoms with Crippen LogP contribution in [-0.4, -0.2) is 28.8 Å². The molecule has 1 aromatic heterocycles. The molecule has 0 spiro atoms. The summed E-state index contributed by atoms with van der Waals surface area (Å²) in [5.41, 5.74) is 4.43. The van der Waals surface area contributed by atoms with Crippen molar-refractivity contribution in [2.45, 2.75) is 6.92 Å². The molecule has 0 saturated carbocycles. The fourth-order valence-corrected chi connectivity index (χ4v) is 1.14. The number of amides is 2. The smallest absolute Gasteiger partial charge is 0.426 e. The molecule has 1 heterocycles. The molecule has 8 heteroatoms. The number of nitrogens with zero attached hydrogens (tertiary/aromatic N) is 1. The molecule has 1 aromatic rings. The summed E-state index contributed by atoms with van der Waals surface area (Å²) < 4.78 is 5.04. The number of nitrogens with one attached hydrogen (secondary N) is 3. The van der Waals surface area contributed by atoms with E-state index in [0.29, 0.717) is 4.47 Å². The van der Waals surface area contributed by atoms with E-state index in [9.17, 15) is 9.59 Å². The number of halogens is 1. The standard InChI is InChI=1S/C7H9BrN4O3/c1-2-15-7(14)12-11-6(13)5-4(8)3-9-10-5/h3H,2H2,1H3,(H,9,10)(H,11,13)(H,12,14).